The molecule has 0 aliphatic carbocycles. The Morgan fingerprint density at radius 1 is 0.594 bits per heavy atom. The molecule has 0 heterocycles. The summed E-state index contributed by atoms with van der Waals surface area (Å²) in [5, 5.41) is 0. The van der Waals surface area contributed by atoms with Crippen molar-refractivity contribution in [1.82, 2.24) is 0 Å². The molecule has 0 saturated heterocycles. The van der Waals surface area contributed by atoms with E-state index in [1.807, 2.05) is 0 Å². The Morgan fingerprint density at radius 2 is 0.844 bits per heavy atom. The van der Waals surface area contributed by atoms with Crippen molar-refractivity contribution in [3.8, 4) is 0 Å². The minimum atomic E-state index is -0.822. The molecule has 32 heavy (non-hydrogen) atoms. The largest absolute Gasteiger partial charge is 0.307 e. The van der Waals surface area contributed by atoms with Crippen LogP contribution in [0.2, 0.25) is 0 Å². The topological polar surface area (TPSA) is 0 Å². The van der Waals surface area contributed by atoms with Gasteiger partial charge in [-0.25, -0.2) is 0 Å². The molecule has 0 aromatic rings. The van der Waals surface area contributed by atoms with Crippen molar-refractivity contribution in [2.45, 2.75) is 47.5 Å². The summed E-state index contributed by atoms with van der Waals surface area (Å²) in [4.78, 5) is 0. The van der Waals surface area contributed by atoms with Crippen molar-refractivity contribution in [1.29, 1.82) is 0 Å². The smallest absolute Gasteiger partial charge is 0.0568 e. The van der Waals surface area contributed by atoms with Gasteiger partial charge in [0.15, 0.2) is 0 Å². The zero-order chi connectivity index (χ0) is 12.8. The zero-order valence-corrected chi connectivity index (χ0v) is 127. The van der Waals surface area contributed by atoms with E-state index in [2.05, 4.69) is 48.5 Å². The molecule has 0 fully saturated rings. The first kappa shape index (κ1) is 12000. The van der Waals surface area contributed by atoms with E-state index >= 15 is 0 Å². The maximum atomic E-state index is 4.21. The molecule has 0 aromatic heterocycles. The van der Waals surface area contributed by atoms with E-state index in [1.165, 1.54) is 25.2 Å². The monoisotopic (exact) mass is 4520 g/mol. The van der Waals surface area contributed by atoms with E-state index in [1.54, 1.807) is 0 Å². The Bertz CT molecular complexity index is 206. The summed E-state index contributed by atoms with van der Waals surface area (Å²) in [5.74, 6) is 0.836. The number of rotatable bonds is 7. The Kier molecular flexibility index (Phi) is 41000. The van der Waals surface area contributed by atoms with Crippen molar-refractivity contribution in [2.24, 2.45) is 11.3 Å². The first-order valence-electron chi connectivity index (χ1n) is 6.72. The van der Waals surface area contributed by atoms with Crippen LogP contribution < -0.4 is 0 Å². The fraction of sp³-hybridized carbons (Fsp3) is 0.867. The predicted molar refractivity (Wildman–Crippen MR) is 80.6 cm³/mol. The summed E-state index contributed by atoms with van der Waals surface area (Å²) < 4.78 is 0. The van der Waals surface area contributed by atoms with E-state index in [0.717, 1.165) is 18.2 Å². The van der Waals surface area contributed by atoms with Gasteiger partial charge in [-0.2, -0.15) is 0 Å². The van der Waals surface area contributed by atoms with Gasteiger partial charge in [0.1, 0.15) is 0 Å². The van der Waals surface area contributed by atoms with Crippen LogP contribution in [-0.2, 0) is 0 Å². The van der Waals surface area contributed by atoms with Crippen LogP contribution in [0.4, 0.5) is 0 Å². The van der Waals surface area contributed by atoms with Crippen molar-refractivity contribution in [3.05, 3.63) is 13.8 Å². The molecule has 0 saturated carbocycles. The van der Waals surface area contributed by atoms with E-state index < -0.39 is 7.26 Å². The number of hydrogen-bond donors (Lipinski definition) is 0. The Hall–Kier alpha value is -15.6. The van der Waals surface area contributed by atoms with Crippen molar-refractivity contribution >= 4 is 7.26 Å². The normalized spacial score (nSPS) is 7.59. The van der Waals surface area contributed by atoms with Crippen molar-refractivity contribution < 1.29 is 0 Å². The molecule has 1 unspecified atom stereocenters. The van der Waals surface area contributed by atoms with Gasteiger partial charge in [-0.1, -0.05) is 46.9 Å². The third kappa shape index (κ3) is 133. The van der Waals surface area contributed by atoms with Crippen LogP contribution in [0.5, 0.6) is 0 Å². The molecule has 0 amide bonds. The molecule has 0 bridgehead atoms. The van der Waals surface area contributed by atoms with Gasteiger partial charge in [-0.3, -0.25) is 0 Å². The van der Waals surface area contributed by atoms with Crippen LogP contribution in [0.15, 0.2) is 0 Å². The minimum Gasteiger partial charge on any atom is -0.307 e. The fourth-order valence-corrected chi connectivity index (χ4v) is 6.47. The molecule has 130 valence electrons. The third-order valence-electron chi connectivity index (χ3n) is 3.31. The van der Waals surface area contributed by atoms with Gasteiger partial charge < -0.3 is 13.8 Å². The predicted octanol–water partition coefficient (Wildman–Crippen LogP) is 5.15. The van der Waals surface area contributed by atoms with E-state index in [0.29, 0.717) is 5.41 Å². The number of hydrogen-bond acceptors (Lipinski definition) is 0. The van der Waals surface area contributed by atoms with Crippen molar-refractivity contribution in [2.75, 3.05) is 24.6 Å². The molecule has 1 atom stereocenters. The molecular weight excluding hydrogens is 4480 g/mol. The van der Waals surface area contributed by atoms with E-state index in [-0.39, 0.29) is 0 Å². The summed E-state index contributed by atoms with van der Waals surface area (Å²) in [5.41, 5.74) is 0.462. The van der Waals surface area contributed by atoms with Gasteiger partial charge in [0, 0.05) is 0 Å². The Labute approximate surface area is 105 Å². The fourth-order valence-electron chi connectivity index (χ4n) is 2.85. The SMILES string of the molecule is [CH2-]C[P+](C[CH2-])(CCC)CC(C)CC(C)(C)C.[Rf].[Rf].[Rf].[Rf].[Rf].[Rf].[Rf].[Rf].[Rf].[Rf].[Rf].[Rf].[Rf].[Rf].[Rf].[Rf]. The molecule has 0 aliphatic rings. The minimum absolute atomic E-state index is 0. The van der Waals surface area contributed by atoms with Crippen molar-refractivity contribution in [3.63, 3.8) is 0 Å². The average molecular weight is 4520 g/mol. The first-order valence-corrected chi connectivity index (χ1v) is 9.25. The first-order chi connectivity index (χ1) is 7.28. The van der Waals surface area contributed by atoms with Gasteiger partial charge in [-0.05, 0) is 31.4 Å². The van der Waals surface area contributed by atoms with Crippen LogP contribution in [0.25, 0.3) is 0 Å². The molecule has 0 N–H and O–H groups in total. The molecule has 0 radical (unpaired) electrons. The Balaban J connectivity index is -0.00000000937. The summed E-state index contributed by atoms with van der Waals surface area (Å²) >= 11 is 0. The second kappa shape index (κ2) is 109. The van der Waals surface area contributed by atoms with Gasteiger partial charge in [0.05, 0.1) is 12.3 Å². The van der Waals surface area contributed by atoms with Crippen LogP contribution in [-0.4, -0.2) is 24.6 Å². The van der Waals surface area contributed by atoms with Crippen LogP contribution >= 0.6 is 7.26 Å². The molecule has 0 aromatic carbocycles. The standard InChI is InChI=1S/C15H32P.16Rf/c1-8-11-16(9-2,10-3)13-14(4)12-15(5,6)7;;;;;;;;;;;;;;;;/h14H,2-3,8-13H2,1,4-7H3;;;;;;;;;;;;;;;;/q-1;;;;;;;;;;;;;;;;. The molecule has 0 aliphatic heterocycles. The van der Waals surface area contributed by atoms with Crippen LogP contribution in [0.3, 0.4) is 0 Å². The summed E-state index contributed by atoms with van der Waals surface area (Å²) in [6.45, 7) is 20.2. The Morgan fingerprint density at radius 3 is 1.00 bits per heavy atom. The molecular formula is C15H32PRf16-. The molecule has 17 heteroatoms. The quantitative estimate of drug-likeness (QED) is 0.245. The average Bonchev–Trinajstić information content (AvgIpc) is 2.14. The second-order valence-electron chi connectivity index (χ2n) is 6.56. The molecule has 0 rings (SSSR count). The van der Waals surface area contributed by atoms with Gasteiger partial charge in [0.25, 0.3) is 0 Å². The maximum Gasteiger partial charge on any atom is 0.0568 e. The summed E-state index contributed by atoms with van der Waals surface area (Å²) in [6, 6.07) is 0. The van der Waals surface area contributed by atoms with Gasteiger partial charge in [0.2, 0.25) is 0 Å². The summed E-state index contributed by atoms with van der Waals surface area (Å²) in [6.07, 6.45) is 7.75. The maximum absolute atomic E-state index is 4.21. The van der Waals surface area contributed by atoms with Crippen LogP contribution in [0.1, 0.15) is 47.5 Å². The zero-order valence-electron chi connectivity index (χ0n) is 23.5. The molecule has 0 spiro atoms. The second-order valence-corrected chi connectivity index (χ2v) is 11.0. The van der Waals surface area contributed by atoms with Crippen LogP contribution in [0, 0.1) is 25.2 Å². The van der Waals surface area contributed by atoms with E-state index in [4.69, 9.17) is 0 Å². The van der Waals surface area contributed by atoms with Gasteiger partial charge >= 0.3 is 0 Å². The third-order valence-corrected chi connectivity index (χ3v) is 8.00. The van der Waals surface area contributed by atoms with E-state index in [9.17, 15) is 0 Å². The van der Waals surface area contributed by atoms with Gasteiger partial charge in [-0.15, -0.1) is 0 Å². The summed E-state index contributed by atoms with van der Waals surface area (Å²) in [7, 11) is -0.822. The molecule has 0 nitrogen and oxygen atoms in total.